The molecule has 0 aliphatic carbocycles. The van der Waals surface area contributed by atoms with Crippen LogP contribution in [0.15, 0.2) is 28.2 Å². The van der Waals surface area contributed by atoms with Crippen molar-refractivity contribution in [2.75, 3.05) is 0 Å². The molecule has 6 nitrogen and oxygen atoms in total. The van der Waals surface area contributed by atoms with E-state index < -0.39 is 11.4 Å². The lowest BCUT2D eigenvalue weighted by Gasteiger charge is -2.18. The summed E-state index contributed by atoms with van der Waals surface area (Å²) in [6.07, 6.45) is -0.719. The number of nitrogens with zero attached hydrogens (tertiary/aromatic N) is 2. The van der Waals surface area contributed by atoms with Gasteiger partial charge in [-0.3, -0.25) is 14.2 Å². The van der Waals surface area contributed by atoms with Gasteiger partial charge in [0.05, 0.1) is 28.8 Å². The molecule has 1 amide bonds. The largest absolute Gasteiger partial charge is 0.392 e. The number of amides is 1. The number of thioether (sulfide) groups is 1. The topological polar surface area (TPSA) is 84.2 Å². The lowest BCUT2D eigenvalue weighted by Crippen LogP contribution is -2.36. The summed E-state index contributed by atoms with van der Waals surface area (Å²) in [6.45, 7) is 7.22. The van der Waals surface area contributed by atoms with Gasteiger partial charge in [0, 0.05) is 11.1 Å². The predicted molar refractivity (Wildman–Crippen MR) is 101 cm³/mol. The van der Waals surface area contributed by atoms with Crippen molar-refractivity contribution in [2.45, 2.75) is 56.8 Å². The van der Waals surface area contributed by atoms with Crippen LogP contribution in [0.5, 0.6) is 0 Å². The fourth-order valence-electron chi connectivity index (χ4n) is 2.30. The molecule has 0 unspecified atom stereocenters. The Bertz CT molecular complexity index is 836. The van der Waals surface area contributed by atoms with Gasteiger partial charge in [-0.25, -0.2) is 4.98 Å². The van der Waals surface area contributed by atoms with E-state index in [9.17, 15) is 14.7 Å². The van der Waals surface area contributed by atoms with Crippen LogP contribution in [0.4, 0.5) is 0 Å². The molecule has 1 heterocycles. The molecule has 0 fully saturated rings. The predicted octanol–water partition coefficient (Wildman–Crippen LogP) is 2.44. The van der Waals surface area contributed by atoms with Gasteiger partial charge in [0.1, 0.15) is 0 Å². The van der Waals surface area contributed by atoms with Gasteiger partial charge >= 0.3 is 0 Å². The van der Waals surface area contributed by atoms with Gasteiger partial charge in [-0.2, -0.15) is 0 Å². The zero-order valence-electron chi connectivity index (χ0n) is 14.6. The molecule has 1 aromatic heterocycles. The van der Waals surface area contributed by atoms with Crippen LogP contribution >= 0.6 is 23.4 Å². The Balaban J connectivity index is 2.48. The van der Waals surface area contributed by atoms with Crippen LogP contribution in [0, 0.1) is 0 Å². The Morgan fingerprint density at radius 2 is 2.04 bits per heavy atom. The van der Waals surface area contributed by atoms with Gasteiger partial charge in [-0.1, -0.05) is 23.4 Å². The van der Waals surface area contributed by atoms with Gasteiger partial charge in [0.15, 0.2) is 5.16 Å². The number of hydrogen-bond acceptors (Lipinski definition) is 5. The molecule has 25 heavy (non-hydrogen) atoms. The van der Waals surface area contributed by atoms with Crippen LogP contribution < -0.4 is 10.9 Å². The fraction of sp³-hybridized carbons (Fsp3) is 0.471. The number of nitrogens with one attached hydrogen (secondary N) is 1. The third-order valence-corrected chi connectivity index (χ3v) is 4.74. The van der Waals surface area contributed by atoms with Gasteiger partial charge in [-0.15, -0.1) is 0 Å². The first kappa shape index (κ1) is 19.8. The third kappa shape index (κ3) is 4.96. The Hall–Kier alpha value is -1.57. The van der Waals surface area contributed by atoms with E-state index in [2.05, 4.69) is 10.3 Å². The monoisotopic (exact) mass is 383 g/mol. The minimum atomic E-state index is -0.719. The molecule has 2 atom stereocenters. The molecule has 1 aromatic carbocycles. The Morgan fingerprint density at radius 3 is 2.64 bits per heavy atom. The summed E-state index contributed by atoms with van der Waals surface area (Å²) in [7, 11) is 0. The molecule has 0 aliphatic rings. The van der Waals surface area contributed by atoms with E-state index in [4.69, 9.17) is 11.6 Å². The molecule has 0 radical (unpaired) electrons. The number of rotatable bonds is 6. The number of fused-ring (bicyclic) bond motifs is 1. The van der Waals surface area contributed by atoms with Crippen LogP contribution in [0.1, 0.15) is 27.7 Å². The normalized spacial score (nSPS) is 13.9. The molecule has 8 heteroatoms. The van der Waals surface area contributed by atoms with Crippen LogP contribution in [-0.2, 0) is 11.3 Å². The van der Waals surface area contributed by atoms with E-state index in [1.54, 1.807) is 32.0 Å². The molecule has 2 rings (SSSR count). The van der Waals surface area contributed by atoms with Crippen molar-refractivity contribution < 1.29 is 9.90 Å². The number of aromatic nitrogens is 2. The average Bonchev–Trinajstić information content (AvgIpc) is 2.49. The van der Waals surface area contributed by atoms with Crippen LogP contribution in [-0.4, -0.2) is 38.0 Å². The van der Waals surface area contributed by atoms with Gasteiger partial charge < -0.3 is 10.4 Å². The van der Waals surface area contributed by atoms with Crippen molar-refractivity contribution in [3.63, 3.8) is 0 Å². The molecule has 0 bridgehead atoms. The second-order valence-corrected chi connectivity index (χ2v) is 7.99. The highest BCUT2D eigenvalue weighted by Crippen LogP contribution is 2.24. The highest BCUT2D eigenvalue weighted by Gasteiger charge is 2.20. The second-order valence-electron chi connectivity index (χ2n) is 6.24. The summed E-state index contributed by atoms with van der Waals surface area (Å²) < 4.78 is 1.41. The van der Waals surface area contributed by atoms with Crippen molar-refractivity contribution >= 4 is 40.2 Å². The van der Waals surface area contributed by atoms with Crippen molar-refractivity contribution in [3.05, 3.63) is 33.6 Å². The minimum Gasteiger partial charge on any atom is -0.392 e. The highest BCUT2D eigenvalue weighted by molar-refractivity contribution is 8.00. The van der Waals surface area contributed by atoms with E-state index in [1.165, 1.54) is 16.3 Å². The Morgan fingerprint density at radius 1 is 1.36 bits per heavy atom. The summed E-state index contributed by atoms with van der Waals surface area (Å²) in [5.41, 5.74) is 0.208. The summed E-state index contributed by atoms with van der Waals surface area (Å²) in [5.74, 6) is -0.135. The van der Waals surface area contributed by atoms with Gasteiger partial charge in [0.2, 0.25) is 5.91 Å². The first-order chi connectivity index (χ1) is 11.7. The molecule has 0 saturated carbocycles. The number of aliphatic hydroxyl groups excluding tert-OH is 1. The summed E-state index contributed by atoms with van der Waals surface area (Å²) >= 11 is 7.18. The zero-order valence-corrected chi connectivity index (χ0v) is 16.2. The summed E-state index contributed by atoms with van der Waals surface area (Å²) in [6, 6.07) is 4.90. The van der Waals surface area contributed by atoms with E-state index in [0.717, 1.165) is 0 Å². The van der Waals surface area contributed by atoms with Crippen LogP contribution in [0.25, 0.3) is 10.9 Å². The first-order valence-corrected chi connectivity index (χ1v) is 9.30. The highest BCUT2D eigenvalue weighted by atomic mass is 35.5. The lowest BCUT2D eigenvalue weighted by molar-refractivity contribution is -0.120. The number of hydrogen-bond donors (Lipinski definition) is 2. The number of benzene rings is 1. The number of carbonyl (C=O) groups excluding carboxylic acids is 1. The molecule has 2 N–H and O–H groups in total. The van der Waals surface area contributed by atoms with E-state index in [1.807, 2.05) is 13.8 Å². The molecular weight excluding hydrogens is 362 g/mol. The summed E-state index contributed by atoms with van der Waals surface area (Å²) in [5, 5.41) is 13.4. The number of carbonyl (C=O) groups is 1. The average molecular weight is 384 g/mol. The van der Waals surface area contributed by atoms with Crippen LogP contribution in [0.3, 0.4) is 0 Å². The van der Waals surface area contributed by atoms with Crippen molar-refractivity contribution in [3.8, 4) is 0 Å². The van der Waals surface area contributed by atoms with Crippen molar-refractivity contribution in [1.82, 2.24) is 14.9 Å². The molecule has 136 valence electrons. The number of aliphatic hydroxyl groups is 1. The maximum Gasteiger partial charge on any atom is 0.262 e. The van der Waals surface area contributed by atoms with Crippen LogP contribution in [0.2, 0.25) is 5.02 Å². The SMILES string of the molecule is CC(C)NC(=O)[C@H](C)Sc1nc2cc(Cl)ccc2c(=O)n1C[C@H](C)O. The second kappa shape index (κ2) is 8.21. The third-order valence-electron chi connectivity index (χ3n) is 3.41. The van der Waals surface area contributed by atoms with Gasteiger partial charge in [0.25, 0.3) is 5.56 Å². The van der Waals surface area contributed by atoms with Crippen molar-refractivity contribution in [2.24, 2.45) is 0 Å². The van der Waals surface area contributed by atoms with E-state index in [0.29, 0.717) is 21.1 Å². The molecule has 2 aromatic rings. The van der Waals surface area contributed by atoms with E-state index in [-0.39, 0.29) is 24.1 Å². The molecule has 0 saturated heterocycles. The van der Waals surface area contributed by atoms with E-state index >= 15 is 0 Å². The fourth-order valence-corrected chi connectivity index (χ4v) is 3.40. The molecule has 0 spiro atoms. The Kier molecular flexibility index (Phi) is 6.48. The van der Waals surface area contributed by atoms with Crippen molar-refractivity contribution in [1.29, 1.82) is 0 Å². The standard InChI is InChI=1S/C17H22ClN3O3S/c1-9(2)19-15(23)11(4)25-17-20-14-7-12(18)5-6-13(14)16(24)21(17)8-10(3)22/h5-7,9-11,22H,8H2,1-4H3,(H,19,23)/t10-,11-/m0/s1. The zero-order chi connectivity index (χ0) is 18.7. The Labute approximate surface area is 155 Å². The smallest absolute Gasteiger partial charge is 0.262 e. The maximum atomic E-state index is 12.8. The quantitative estimate of drug-likeness (QED) is 0.591. The summed E-state index contributed by atoms with van der Waals surface area (Å²) in [4.78, 5) is 29.5. The minimum absolute atomic E-state index is 0.0265. The van der Waals surface area contributed by atoms with Gasteiger partial charge in [-0.05, 0) is 45.9 Å². The molecule has 0 aliphatic heterocycles. The maximum absolute atomic E-state index is 12.8. The number of halogens is 1. The lowest BCUT2D eigenvalue weighted by atomic mass is 10.2. The molecular formula is C17H22ClN3O3S. The first-order valence-electron chi connectivity index (χ1n) is 8.04.